The Morgan fingerprint density at radius 2 is 0.698 bits per heavy atom. The van der Waals surface area contributed by atoms with E-state index in [0.29, 0.717) is 5.75 Å². The fraction of sp³-hybridized carbons (Fsp3) is 0.104. The third kappa shape index (κ3) is 9.02. The summed E-state index contributed by atoms with van der Waals surface area (Å²) in [6, 6.07) is 62.1. The zero-order valence-electron chi connectivity index (χ0n) is 29.8. The first-order chi connectivity index (χ1) is 26.0. The molecule has 0 amide bonds. The van der Waals surface area contributed by atoms with Crippen molar-refractivity contribution >= 4 is 40.1 Å². The zero-order valence-corrected chi connectivity index (χ0v) is 29.8. The van der Waals surface area contributed by atoms with Crippen LogP contribution in [0.3, 0.4) is 0 Å². The van der Waals surface area contributed by atoms with Gasteiger partial charge in [0.2, 0.25) is 0 Å². The van der Waals surface area contributed by atoms with E-state index in [9.17, 15) is 9.90 Å². The molecule has 0 atom stereocenters. The summed E-state index contributed by atoms with van der Waals surface area (Å²) < 4.78 is 5.25. The van der Waals surface area contributed by atoms with Crippen LogP contribution in [-0.2, 0) is 30.5 Å². The van der Waals surface area contributed by atoms with E-state index in [-0.39, 0.29) is 11.7 Å². The van der Waals surface area contributed by atoms with Crippen molar-refractivity contribution in [3.05, 3.63) is 204 Å². The summed E-state index contributed by atoms with van der Waals surface area (Å²) in [6.45, 7) is 1.41. The fourth-order valence-corrected chi connectivity index (χ4v) is 6.55. The van der Waals surface area contributed by atoms with Gasteiger partial charge in [-0.2, -0.15) is 0 Å². The van der Waals surface area contributed by atoms with Crippen LogP contribution in [0.5, 0.6) is 11.5 Å². The summed E-state index contributed by atoms with van der Waals surface area (Å²) in [7, 11) is 0. The Bertz CT molecular complexity index is 2200. The number of nitrogens with zero attached hydrogens (tertiary/aromatic N) is 2. The lowest BCUT2D eigenvalue weighted by Gasteiger charge is -2.25. The molecule has 1 N–H and O–H groups in total. The zero-order chi connectivity index (χ0) is 36.4. The third-order valence-corrected chi connectivity index (χ3v) is 9.31. The molecule has 7 aromatic rings. The van der Waals surface area contributed by atoms with Crippen molar-refractivity contribution in [2.45, 2.75) is 32.6 Å². The molecule has 0 radical (unpaired) electrons. The predicted molar refractivity (Wildman–Crippen MR) is 216 cm³/mol. The van der Waals surface area contributed by atoms with Gasteiger partial charge in [-0.25, -0.2) is 0 Å². The lowest BCUT2D eigenvalue weighted by Crippen LogP contribution is -2.10. The van der Waals surface area contributed by atoms with E-state index in [0.717, 1.165) is 59.8 Å². The van der Waals surface area contributed by atoms with Crippen LogP contribution in [0.25, 0.3) is 0 Å². The van der Waals surface area contributed by atoms with Crippen molar-refractivity contribution in [1.29, 1.82) is 0 Å². The van der Waals surface area contributed by atoms with E-state index in [1.165, 1.54) is 29.2 Å². The Kier molecular flexibility index (Phi) is 10.9. The lowest BCUT2D eigenvalue weighted by atomic mass is 10.00. The number of aryl methyl sites for hydroxylation is 4. The largest absolute Gasteiger partial charge is 0.508 e. The fourth-order valence-electron chi connectivity index (χ4n) is 6.55. The minimum atomic E-state index is -0.331. The van der Waals surface area contributed by atoms with Crippen molar-refractivity contribution in [3.63, 3.8) is 0 Å². The number of hydrogen-bond donors (Lipinski definition) is 1. The monoisotopic (exact) mass is 694 g/mol. The van der Waals surface area contributed by atoms with Gasteiger partial charge < -0.3 is 19.6 Å². The highest BCUT2D eigenvalue weighted by Gasteiger charge is 2.14. The predicted octanol–water partition coefficient (Wildman–Crippen LogP) is 11.8. The summed E-state index contributed by atoms with van der Waals surface area (Å²) >= 11 is 0. The number of rotatable bonds is 13. The second-order valence-corrected chi connectivity index (χ2v) is 13.1. The molecular formula is C48H42N2O3. The van der Waals surface area contributed by atoms with Gasteiger partial charge in [0.25, 0.3) is 0 Å². The molecule has 262 valence electrons. The highest BCUT2D eigenvalue weighted by atomic mass is 16.5. The Hall–Kier alpha value is -6.59. The van der Waals surface area contributed by atoms with Crippen LogP contribution in [0.15, 0.2) is 182 Å². The first kappa shape index (κ1) is 34.8. The normalized spacial score (nSPS) is 10.8. The summed E-state index contributed by atoms with van der Waals surface area (Å²) in [5.74, 6) is 0.454. The van der Waals surface area contributed by atoms with Crippen LogP contribution in [0.2, 0.25) is 0 Å². The molecule has 0 aromatic heterocycles. The molecule has 0 saturated carbocycles. The summed E-state index contributed by atoms with van der Waals surface area (Å²) in [6.07, 6.45) is 3.87. The number of carbonyl (C=O) groups is 1. The number of aromatic hydroxyl groups is 1. The number of para-hydroxylation sites is 2. The van der Waals surface area contributed by atoms with Gasteiger partial charge in [-0.1, -0.05) is 84.9 Å². The molecule has 0 fully saturated rings. The van der Waals surface area contributed by atoms with Gasteiger partial charge >= 0.3 is 5.97 Å². The number of phenols is 1. The second kappa shape index (κ2) is 16.6. The minimum absolute atomic E-state index is 0.256. The molecule has 0 spiro atoms. The molecule has 0 heterocycles. The highest BCUT2D eigenvalue weighted by molar-refractivity contribution is 5.78. The number of esters is 1. The number of anilines is 6. The maximum absolute atomic E-state index is 11.4. The van der Waals surface area contributed by atoms with Crippen LogP contribution in [0, 0.1) is 0 Å². The van der Waals surface area contributed by atoms with E-state index in [4.69, 9.17) is 4.74 Å². The Balaban J connectivity index is 0.954. The molecule has 0 bridgehead atoms. The first-order valence-corrected chi connectivity index (χ1v) is 18.0. The van der Waals surface area contributed by atoms with Crippen molar-refractivity contribution in [2.24, 2.45) is 0 Å². The highest BCUT2D eigenvalue weighted by Crippen LogP contribution is 2.36. The molecule has 0 aliphatic heterocycles. The Morgan fingerprint density at radius 1 is 0.415 bits per heavy atom. The van der Waals surface area contributed by atoms with Gasteiger partial charge in [-0.3, -0.25) is 4.79 Å². The van der Waals surface area contributed by atoms with E-state index in [2.05, 4.69) is 107 Å². The van der Waals surface area contributed by atoms with Gasteiger partial charge in [-0.15, -0.1) is 0 Å². The van der Waals surface area contributed by atoms with Crippen LogP contribution in [0.1, 0.15) is 29.2 Å². The second-order valence-electron chi connectivity index (χ2n) is 13.1. The molecule has 7 rings (SSSR count). The average molecular weight is 695 g/mol. The van der Waals surface area contributed by atoms with Crippen LogP contribution >= 0.6 is 0 Å². The maximum atomic E-state index is 11.4. The third-order valence-electron chi connectivity index (χ3n) is 9.31. The lowest BCUT2D eigenvalue weighted by molar-refractivity contribution is -0.131. The Labute approximate surface area is 312 Å². The van der Waals surface area contributed by atoms with Gasteiger partial charge in [0, 0.05) is 41.0 Å². The summed E-state index contributed by atoms with van der Waals surface area (Å²) in [4.78, 5) is 15.8. The van der Waals surface area contributed by atoms with E-state index in [1.807, 2.05) is 72.8 Å². The topological polar surface area (TPSA) is 53.0 Å². The number of phenolic OH excluding ortho intramolecular Hbond substituents is 1. The van der Waals surface area contributed by atoms with Gasteiger partial charge in [0.1, 0.15) is 11.5 Å². The standard InChI is InChI=1S/C48H42N2O3/c1-36(51)53-48-34-30-46(31-35-48)50(42-10-6-3-7-11-42)44-26-22-40(23-27-44)19-17-38-14-12-37(13-15-38)16-18-39-20-24-43(25-21-39)49(41-8-4-2-5-9-41)45-28-32-47(52)33-29-45/h2-15,20-35,52H,16-19H2,1H3. The van der Waals surface area contributed by atoms with Crippen molar-refractivity contribution < 1.29 is 14.6 Å². The van der Waals surface area contributed by atoms with Crippen molar-refractivity contribution in [1.82, 2.24) is 0 Å². The summed E-state index contributed by atoms with van der Waals surface area (Å²) in [5.41, 5.74) is 11.5. The maximum Gasteiger partial charge on any atom is 0.308 e. The van der Waals surface area contributed by atoms with E-state index < -0.39 is 0 Å². The number of benzene rings is 7. The first-order valence-electron chi connectivity index (χ1n) is 18.0. The van der Waals surface area contributed by atoms with Gasteiger partial charge in [0.05, 0.1) is 0 Å². The molecule has 53 heavy (non-hydrogen) atoms. The molecular weight excluding hydrogens is 653 g/mol. The van der Waals surface area contributed by atoms with Gasteiger partial charge in [0.15, 0.2) is 0 Å². The number of hydrogen-bond acceptors (Lipinski definition) is 5. The van der Waals surface area contributed by atoms with Crippen molar-refractivity contribution in [2.75, 3.05) is 9.80 Å². The number of carbonyl (C=O) groups excluding carboxylic acids is 1. The van der Waals surface area contributed by atoms with E-state index >= 15 is 0 Å². The van der Waals surface area contributed by atoms with Gasteiger partial charge in [-0.05, 0) is 145 Å². The number of ether oxygens (including phenoxy) is 1. The molecule has 0 aliphatic carbocycles. The van der Waals surface area contributed by atoms with Crippen molar-refractivity contribution in [3.8, 4) is 11.5 Å². The van der Waals surface area contributed by atoms with Crippen LogP contribution in [0.4, 0.5) is 34.1 Å². The average Bonchev–Trinajstić information content (AvgIpc) is 3.20. The molecule has 7 aromatic carbocycles. The Morgan fingerprint density at radius 3 is 1.04 bits per heavy atom. The minimum Gasteiger partial charge on any atom is -0.508 e. The molecule has 5 heteroatoms. The van der Waals surface area contributed by atoms with Crippen LogP contribution in [-0.4, -0.2) is 11.1 Å². The van der Waals surface area contributed by atoms with E-state index in [1.54, 1.807) is 12.1 Å². The smallest absolute Gasteiger partial charge is 0.308 e. The quantitative estimate of drug-likeness (QED) is 0.0962. The molecule has 0 aliphatic rings. The molecule has 5 nitrogen and oxygen atoms in total. The molecule has 0 saturated heterocycles. The molecule has 0 unspecified atom stereocenters. The summed E-state index contributed by atoms with van der Waals surface area (Å²) in [5, 5.41) is 9.84. The SMILES string of the molecule is CC(=O)Oc1ccc(N(c2ccccc2)c2ccc(CCc3ccc(CCc4ccc(N(c5ccccc5)c5ccc(O)cc5)cc4)cc3)cc2)cc1. The van der Waals surface area contributed by atoms with Crippen LogP contribution < -0.4 is 14.5 Å².